The summed E-state index contributed by atoms with van der Waals surface area (Å²) >= 11 is 0. The normalized spacial score (nSPS) is 15.5. The van der Waals surface area contributed by atoms with Gasteiger partial charge in [0.1, 0.15) is 30.4 Å². The molecular formula is C41H32F2N12O6. The monoisotopic (exact) mass is 826 g/mol. The molecule has 0 bridgehead atoms. The van der Waals surface area contributed by atoms with Gasteiger partial charge in [-0.05, 0) is 54.3 Å². The number of nitrogens with one attached hydrogen (secondary N) is 3. The highest BCUT2D eigenvalue weighted by Crippen LogP contribution is 2.37. The van der Waals surface area contributed by atoms with Crippen molar-refractivity contribution in [2.24, 2.45) is 0 Å². The van der Waals surface area contributed by atoms with E-state index in [0.29, 0.717) is 47.8 Å². The number of fused-ring (bicyclic) bond motifs is 3. The van der Waals surface area contributed by atoms with Gasteiger partial charge in [0.05, 0.1) is 44.3 Å². The molecule has 0 amide bonds. The number of hydrogen-bond acceptors (Lipinski definition) is 15. The number of hydrogen-bond donors (Lipinski definition) is 4. The molecule has 2 aliphatic rings. The standard InChI is InChI=1S/C21H15FN6O3.C20H17FN6O3/c22-12-5-6-16-17(9-12)27(11-24-16)21-23-10-18(28(30)31)20(26-21)25-15-7-8-19(29)14-4-2-1-3-13(14)15;21-11-5-6-14(22)16(9-11)25-20-23-10-17(27(29)30)19(26-20)24-15-7-8-18(28)13-4-2-1-3-12(13)15/h1-6,9-11,15H,7-8H2,(H,23,25,26);1-6,9-10,15H,7-8,22H2,(H2,23,24,25,26). The van der Waals surface area contributed by atoms with Crippen LogP contribution in [0.25, 0.3) is 17.0 Å². The lowest BCUT2D eigenvalue weighted by Crippen LogP contribution is -2.22. The fourth-order valence-electron chi connectivity index (χ4n) is 7.17. The number of ketones is 2. The summed E-state index contributed by atoms with van der Waals surface area (Å²) in [5, 5.41) is 32.0. The fourth-order valence-corrected chi connectivity index (χ4v) is 7.17. The van der Waals surface area contributed by atoms with Crippen LogP contribution in [0.2, 0.25) is 0 Å². The number of carbonyl (C=O) groups excluding carboxylic acids is 2. The van der Waals surface area contributed by atoms with Crippen LogP contribution in [0.1, 0.15) is 69.6 Å². The maximum atomic E-state index is 13.7. The summed E-state index contributed by atoms with van der Waals surface area (Å²) in [5.74, 6) is -0.748. The minimum atomic E-state index is -0.595. The van der Waals surface area contributed by atoms with Crippen molar-refractivity contribution in [3.63, 3.8) is 0 Å². The number of nitro groups is 2. The van der Waals surface area contributed by atoms with E-state index in [4.69, 9.17) is 5.73 Å². The first-order valence-electron chi connectivity index (χ1n) is 18.7. The van der Waals surface area contributed by atoms with Gasteiger partial charge in [-0.1, -0.05) is 48.5 Å². The number of rotatable bonds is 9. The number of anilines is 5. The average molecular weight is 827 g/mol. The maximum absolute atomic E-state index is 13.7. The van der Waals surface area contributed by atoms with Gasteiger partial charge in [-0.2, -0.15) is 9.97 Å². The third kappa shape index (κ3) is 8.22. The molecule has 0 fully saturated rings. The van der Waals surface area contributed by atoms with E-state index in [9.17, 15) is 38.6 Å². The molecule has 20 heteroatoms. The van der Waals surface area contributed by atoms with Crippen molar-refractivity contribution in [2.45, 2.75) is 37.8 Å². The maximum Gasteiger partial charge on any atom is 0.329 e. The lowest BCUT2D eigenvalue weighted by molar-refractivity contribution is -0.384. The molecule has 0 radical (unpaired) electrons. The molecule has 2 aliphatic carbocycles. The summed E-state index contributed by atoms with van der Waals surface area (Å²) in [4.78, 5) is 67.1. The average Bonchev–Trinajstić information content (AvgIpc) is 3.67. The molecule has 5 N–H and O–H groups in total. The summed E-state index contributed by atoms with van der Waals surface area (Å²) < 4.78 is 28.7. The van der Waals surface area contributed by atoms with Gasteiger partial charge in [-0.3, -0.25) is 34.4 Å². The van der Waals surface area contributed by atoms with E-state index < -0.39 is 21.5 Å². The van der Waals surface area contributed by atoms with Crippen molar-refractivity contribution in [1.82, 2.24) is 29.5 Å². The van der Waals surface area contributed by atoms with Gasteiger partial charge in [0, 0.05) is 30.0 Å². The molecule has 0 saturated heterocycles. The molecule has 61 heavy (non-hydrogen) atoms. The molecule has 306 valence electrons. The summed E-state index contributed by atoms with van der Waals surface area (Å²) in [6, 6.07) is 21.5. The Morgan fingerprint density at radius 3 is 1.89 bits per heavy atom. The van der Waals surface area contributed by atoms with Crippen LogP contribution in [0.15, 0.2) is 104 Å². The lowest BCUT2D eigenvalue weighted by Gasteiger charge is -2.25. The Morgan fingerprint density at radius 1 is 0.705 bits per heavy atom. The fraction of sp³-hybridized carbons (Fsp3) is 0.146. The highest BCUT2D eigenvalue weighted by atomic mass is 19.1. The van der Waals surface area contributed by atoms with E-state index in [1.807, 2.05) is 18.2 Å². The van der Waals surface area contributed by atoms with E-state index in [2.05, 4.69) is 40.9 Å². The number of aromatic nitrogens is 6. The number of imidazole rings is 1. The Labute approximate surface area is 343 Å². The molecule has 9 rings (SSSR count). The Bertz CT molecular complexity index is 2890. The number of benzene rings is 4. The molecule has 3 heterocycles. The van der Waals surface area contributed by atoms with Crippen molar-refractivity contribution in [1.29, 1.82) is 0 Å². The van der Waals surface area contributed by atoms with Gasteiger partial charge in [0.15, 0.2) is 11.6 Å². The van der Waals surface area contributed by atoms with Crippen LogP contribution in [0.4, 0.5) is 49.1 Å². The Balaban J connectivity index is 0.000000169. The summed E-state index contributed by atoms with van der Waals surface area (Å²) in [7, 11) is 0. The van der Waals surface area contributed by atoms with E-state index in [-0.39, 0.29) is 69.9 Å². The zero-order valence-corrected chi connectivity index (χ0v) is 31.7. The Morgan fingerprint density at radius 2 is 1.26 bits per heavy atom. The van der Waals surface area contributed by atoms with Crippen LogP contribution in [-0.2, 0) is 0 Å². The highest BCUT2D eigenvalue weighted by molar-refractivity contribution is 5.99. The van der Waals surface area contributed by atoms with Gasteiger partial charge < -0.3 is 21.7 Å². The lowest BCUT2D eigenvalue weighted by atomic mass is 9.87. The number of halogens is 2. The van der Waals surface area contributed by atoms with Crippen LogP contribution >= 0.6 is 0 Å². The van der Waals surface area contributed by atoms with Gasteiger partial charge in [0.25, 0.3) is 0 Å². The molecule has 3 aromatic heterocycles. The molecule has 7 aromatic rings. The van der Waals surface area contributed by atoms with Crippen molar-refractivity contribution in [3.05, 3.63) is 158 Å². The second kappa shape index (κ2) is 16.5. The van der Waals surface area contributed by atoms with E-state index >= 15 is 0 Å². The first kappa shape index (κ1) is 39.5. The number of carbonyl (C=O) groups is 2. The molecule has 18 nitrogen and oxygen atoms in total. The van der Waals surface area contributed by atoms with Crippen molar-refractivity contribution in [3.8, 4) is 5.95 Å². The van der Waals surface area contributed by atoms with Gasteiger partial charge >= 0.3 is 11.4 Å². The zero-order valence-electron chi connectivity index (χ0n) is 31.7. The molecule has 0 spiro atoms. The van der Waals surface area contributed by atoms with Crippen LogP contribution in [0.3, 0.4) is 0 Å². The summed E-state index contributed by atoms with van der Waals surface area (Å²) in [5.41, 5.74) is 9.41. The Hall–Kier alpha value is -8.29. The number of nitrogen functional groups attached to an aromatic ring is 1. The minimum Gasteiger partial charge on any atom is -0.397 e. The molecule has 4 aromatic carbocycles. The predicted octanol–water partition coefficient (Wildman–Crippen LogP) is 7.97. The van der Waals surface area contributed by atoms with E-state index in [1.165, 1.54) is 47.3 Å². The van der Waals surface area contributed by atoms with Crippen LogP contribution in [0.5, 0.6) is 0 Å². The highest BCUT2D eigenvalue weighted by Gasteiger charge is 2.30. The number of nitrogens with two attached hydrogens (primary N) is 1. The molecule has 2 atom stereocenters. The SMILES string of the molecule is Nc1ccc(F)cc1Nc1ncc([N+](=O)[O-])c(NC2CCC(=O)c3ccccc32)n1.O=C1CCC(Nc2nc(-n3cnc4ccc(F)cc43)ncc2[N+](=O)[O-])c2ccccc21. The molecular weight excluding hydrogens is 795 g/mol. The Kier molecular flexibility index (Phi) is 10.7. The molecule has 0 saturated carbocycles. The first-order chi connectivity index (χ1) is 29.4. The zero-order chi connectivity index (χ0) is 42.8. The third-order valence-corrected chi connectivity index (χ3v) is 10.1. The third-order valence-electron chi connectivity index (χ3n) is 10.1. The second-order valence-corrected chi connectivity index (χ2v) is 13.9. The van der Waals surface area contributed by atoms with Crippen molar-refractivity contribution < 1.29 is 28.2 Å². The van der Waals surface area contributed by atoms with Crippen LogP contribution in [-0.4, -0.2) is 50.9 Å². The quantitative estimate of drug-likeness (QED) is 0.0611. The smallest absolute Gasteiger partial charge is 0.329 e. The number of nitrogens with zero attached hydrogens (tertiary/aromatic N) is 8. The van der Waals surface area contributed by atoms with Gasteiger partial charge in [-0.25, -0.2) is 23.7 Å². The van der Waals surface area contributed by atoms with Gasteiger partial charge in [0.2, 0.25) is 23.5 Å². The predicted molar refractivity (Wildman–Crippen MR) is 219 cm³/mol. The molecule has 0 aliphatic heterocycles. The van der Waals surface area contributed by atoms with Crippen molar-refractivity contribution >= 4 is 62.9 Å². The second-order valence-electron chi connectivity index (χ2n) is 13.9. The summed E-state index contributed by atoms with van der Waals surface area (Å²) in [6.45, 7) is 0. The molecule has 2 unspecified atom stereocenters. The minimum absolute atomic E-state index is 0.0124. The first-order valence-corrected chi connectivity index (χ1v) is 18.7. The number of Topliss-reactive ketones (excluding diaryl/α,β-unsaturated/α-hetero) is 2. The van der Waals surface area contributed by atoms with E-state index in [1.54, 1.807) is 30.3 Å². The van der Waals surface area contributed by atoms with E-state index in [0.717, 1.165) is 23.5 Å². The van der Waals surface area contributed by atoms with Crippen LogP contribution in [0, 0.1) is 31.9 Å². The topological polar surface area (TPSA) is 252 Å². The van der Waals surface area contributed by atoms with Crippen molar-refractivity contribution in [2.75, 3.05) is 21.7 Å². The van der Waals surface area contributed by atoms with Crippen LogP contribution < -0.4 is 21.7 Å². The van der Waals surface area contributed by atoms with Gasteiger partial charge in [-0.15, -0.1) is 0 Å². The summed E-state index contributed by atoms with van der Waals surface area (Å²) in [6.07, 6.45) is 5.19. The largest absolute Gasteiger partial charge is 0.397 e.